The summed E-state index contributed by atoms with van der Waals surface area (Å²) in [6.07, 6.45) is 0.814. The molecule has 0 fully saturated rings. The Balaban J connectivity index is 1.92. The van der Waals surface area contributed by atoms with Gasteiger partial charge in [0.1, 0.15) is 0 Å². The van der Waals surface area contributed by atoms with Crippen LogP contribution in [0.3, 0.4) is 0 Å². The van der Waals surface area contributed by atoms with E-state index in [9.17, 15) is 5.11 Å². The molecule has 2 rings (SSSR count). The Bertz CT molecular complexity index is 670. The van der Waals surface area contributed by atoms with Crippen LogP contribution in [-0.2, 0) is 13.0 Å². The van der Waals surface area contributed by atoms with Gasteiger partial charge in [0.05, 0.1) is 13.7 Å². The van der Waals surface area contributed by atoms with E-state index in [2.05, 4.69) is 22.4 Å². The summed E-state index contributed by atoms with van der Waals surface area (Å²) in [5.41, 5.74) is 2.28. The van der Waals surface area contributed by atoms with Gasteiger partial charge >= 0.3 is 0 Å². The second-order valence-corrected chi connectivity index (χ2v) is 5.70. The fraction of sp³-hybridized carbons (Fsp3) is 0.316. The van der Waals surface area contributed by atoms with Crippen LogP contribution < -0.4 is 10.1 Å². The Hall–Kier alpha value is -2.69. The van der Waals surface area contributed by atoms with Crippen LogP contribution in [0.5, 0.6) is 11.5 Å². The molecule has 0 heterocycles. The van der Waals surface area contributed by atoms with Crippen molar-refractivity contribution in [1.82, 2.24) is 10.2 Å². The van der Waals surface area contributed by atoms with Gasteiger partial charge in [0, 0.05) is 20.6 Å². The molecular weight excluding hydrogens is 302 g/mol. The Kier molecular flexibility index (Phi) is 6.49. The lowest BCUT2D eigenvalue weighted by Crippen LogP contribution is -2.37. The van der Waals surface area contributed by atoms with Gasteiger partial charge < -0.3 is 20.1 Å². The number of aliphatic imine (C=N–C) groups is 1. The zero-order valence-electron chi connectivity index (χ0n) is 14.5. The maximum atomic E-state index is 9.63. The smallest absolute Gasteiger partial charge is 0.193 e. The quantitative estimate of drug-likeness (QED) is 0.633. The van der Waals surface area contributed by atoms with Gasteiger partial charge in [-0.1, -0.05) is 36.4 Å². The molecule has 2 aromatic carbocycles. The van der Waals surface area contributed by atoms with Crippen molar-refractivity contribution in [2.24, 2.45) is 4.99 Å². The number of hydrogen-bond acceptors (Lipinski definition) is 3. The van der Waals surface area contributed by atoms with E-state index in [1.807, 2.05) is 49.3 Å². The Morgan fingerprint density at radius 2 is 1.88 bits per heavy atom. The van der Waals surface area contributed by atoms with E-state index in [-0.39, 0.29) is 5.75 Å². The molecule has 24 heavy (non-hydrogen) atoms. The van der Waals surface area contributed by atoms with Gasteiger partial charge in [-0.05, 0) is 29.7 Å². The molecule has 0 radical (unpaired) electrons. The molecule has 5 heteroatoms. The second-order valence-electron chi connectivity index (χ2n) is 5.70. The van der Waals surface area contributed by atoms with E-state index in [0.717, 1.165) is 24.5 Å². The number of phenolic OH excluding ortho intramolecular Hbond substituents is 1. The number of methoxy groups -OCH3 is 1. The number of rotatable bonds is 6. The van der Waals surface area contributed by atoms with Gasteiger partial charge in [0.2, 0.25) is 0 Å². The molecule has 128 valence electrons. The van der Waals surface area contributed by atoms with E-state index in [0.29, 0.717) is 12.3 Å². The summed E-state index contributed by atoms with van der Waals surface area (Å²) >= 11 is 0. The molecular formula is C19H25N3O2. The summed E-state index contributed by atoms with van der Waals surface area (Å²) in [5.74, 6) is 1.51. The Morgan fingerprint density at radius 1 is 1.12 bits per heavy atom. The average Bonchev–Trinajstić information content (AvgIpc) is 2.59. The lowest BCUT2D eigenvalue weighted by Gasteiger charge is -2.18. The fourth-order valence-corrected chi connectivity index (χ4v) is 2.30. The molecule has 0 aliphatic rings. The number of phenols is 1. The SMILES string of the molecule is COc1cc(CCNC(=NCc2ccccc2)N(C)C)ccc1O. The largest absolute Gasteiger partial charge is 0.504 e. The third-order valence-electron chi connectivity index (χ3n) is 3.62. The molecule has 0 atom stereocenters. The third kappa shape index (κ3) is 5.19. The Morgan fingerprint density at radius 3 is 2.54 bits per heavy atom. The van der Waals surface area contributed by atoms with Crippen molar-refractivity contribution in [2.75, 3.05) is 27.7 Å². The van der Waals surface area contributed by atoms with Crippen molar-refractivity contribution >= 4 is 5.96 Å². The van der Waals surface area contributed by atoms with Gasteiger partial charge in [-0.3, -0.25) is 0 Å². The van der Waals surface area contributed by atoms with Gasteiger partial charge in [0.25, 0.3) is 0 Å². The fourth-order valence-electron chi connectivity index (χ4n) is 2.30. The normalized spacial score (nSPS) is 11.2. The third-order valence-corrected chi connectivity index (χ3v) is 3.62. The molecule has 0 saturated heterocycles. The Labute approximate surface area is 143 Å². The molecule has 2 N–H and O–H groups in total. The summed E-state index contributed by atoms with van der Waals surface area (Å²) in [4.78, 5) is 6.61. The summed E-state index contributed by atoms with van der Waals surface area (Å²) in [5, 5.41) is 13.0. The summed E-state index contributed by atoms with van der Waals surface area (Å²) in [6.45, 7) is 1.40. The maximum Gasteiger partial charge on any atom is 0.193 e. The predicted molar refractivity (Wildman–Crippen MR) is 97.6 cm³/mol. The highest BCUT2D eigenvalue weighted by Crippen LogP contribution is 2.26. The molecule has 5 nitrogen and oxygen atoms in total. The lowest BCUT2D eigenvalue weighted by atomic mass is 10.1. The van der Waals surface area contributed by atoms with Gasteiger partial charge in [0.15, 0.2) is 17.5 Å². The molecule has 2 aromatic rings. The number of aromatic hydroxyl groups is 1. The average molecular weight is 327 g/mol. The molecule has 0 aliphatic heterocycles. The summed E-state index contributed by atoms with van der Waals surface area (Å²) in [6, 6.07) is 15.6. The number of nitrogens with zero attached hydrogens (tertiary/aromatic N) is 2. The van der Waals surface area contributed by atoms with Crippen LogP contribution in [0.2, 0.25) is 0 Å². The first-order valence-electron chi connectivity index (χ1n) is 7.95. The number of benzene rings is 2. The highest BCUT2D eigenvalue weighted by Gasteiger charge is 2.04. The minimum Gasteiger partial charge on any atom is -0.504 e. The number of hydrogen-bond donors (Lipinski definition) is 2. The second kappa shape index (κ2) is 8.82. The molecule has 0 aromatic heterocycles. The molecule has 0 bridgehead atoms. The first-order valence-corrected chi connectivity index (χ1v) is 7.95. The molecule has 0 spiro atoms. The molecule has 0 unspecified atom stereocenters. The highest BCUT2D eigenvalue weighted by atomic mass is 16.5. The van der Waals surface area contributed by atoms with E-state index < -0.39 is 0 Å². The van der Waals surface area contributed by atoms with Gasteiger partial charge in [-0.2, -0.15) is 0 Å². The van der Waals surface area contributed by atoms with E-state index in [1.165, 1.54) is 5.56 Å². The standard InChI is InChI=1S/C19H25N3O2/c1-22(2)19(21-14-16-7-5-4-6-8-16)20-12-11-15-9-10-17(23)18(13-15)24-3/h4-10,13,23H,11-12,14H2,1-3H3,(H,20,21). The van der Waals surface area contributed by atoms with Crippen LogP contribution >= 0.6 is 0 Å². The first kappa shape index (κ1) is 17.7. The van der Waals surface area contributed by atoms with Crippen LogP contribution in [0, 0.1) is 0 Å². The lowest BCUT2D eigenvalue weighted by molar-refractivity contribution is 0.373. The molecule has 0 aliphatic carbocycles. The number of nitrogens with one attached hydrogen (secondary N) is 1. The van der Waals surface area contributed by atoms with Crippen LogP contribution in [0.1, 0.15) is 11.1 Å². The van der Waals surface area contributed by atoms with Crippen molar-refractivity contribution in [3.05, 3.63) is 59.7 Å². The predicted octanol–water partition coefficient (Wildman–Crippen LogP) is 2.65. The maximum absolute atomic E-state index is 9.63. The molecule has 0 amide bonds. The van der Waals surface area contributed by atoms with Crippen LogP contribution in [0.15, 0.2) is 53.5 Å². The van der Waals surface area contributed by atoms with Crippen molar-refractivity contribution < 1.29 is 9.84 Å². The van der Waals surface area contributed by atoms with Crippen LogP contribution in [0.4, 0.5) is 0 Å². The van der Waals surface area contributed by atoms with Gasteiger partial charge in [-0.15, -0.1) is 0 Å². The van der Waals surface area contributed by atoms with Crippen LogP contribution in [0.25, 0.3) is 0 Å². The summed E-state index contributed by atoms with van der Waals surface area (Å²) in [7, 11) is 5.50. The monoisotopic (exact) mass is 327 g/mol. The van der Waals surface area contributed by atoms with Crippen molar-refractivity contribution in [3.63, 3.8) is 0 Å². The minimum absolute atomic E-state index is 0.160. The minimum atomic E-state index is 0.160. The summed E-state index contributed by atoms with van der Waals surface area (Å²) < 4.78 is 5.14. The van der Waals surface area contributed by atoms with Crippen molar-refractivity contribution in [2.45, 2.75) is 13.0 Å². The van der Waals surface area contributed by atoms with Gasteiger partial charge in [-0.25, -0.2) is 4.99 Å². The number of guanidine groups is 1. The van der Waals surface area contributed by atoms with E-state index in [4.69, 9.17) is 4.74 Å². The van der Waals surface area contributed by atoms with Crippen LogP contribution in [-0.4, -0.2) is 43.7 Å². The zero-order chi connectivity index (χ0) is 17.4. The zero-order valence-corrected chi connectivity index (χ0v) is 14.5. The van der Waals surface area contributed by atoms with E-state index >= 15 is 0 Å². The number of ether oxygens (including phenoxy) is 1. The highest BCUT2D eigenvalue weighted by molar-refractivity contribution is 5.79. The topological polar surface area (TPSA) is 57.1 Å². The van der Waals surface area contributed by atoms with Crippen molar-refractivity contribution in [1.29, 1.82) is 0 Å². The van der Waals surface area contributed by atoms with E-state index in [1.54, 1.807) is 13.2 Å². The molecule has 0 saturated carbocycles. The first-order chi connectivity index (χ1) is 11.6. The van der Waals surface area contributed by atoms with Crippen molar-refractivity contribution in [3.8, 4) is 11.5 Å².